The largest absolute Gasteiger partial charge is 0.462 e. The van der Waals surface area contributed by atoms with Crippen LogP contribution in [-0.4, -0.2) is 39.0 Å². The molecule has 0 saturated carbocycles. The molecule has 0 fully saturated rings. The van der Waals surface area contributed by atoms with Crippen molar-refractivity contribution >= 4 is 40.0 Å². The molecule has 4 rings (SSSR count). The second kappa shape index (κ2) is 12.0. The van der Waals surface area contributed by atoms with Crippen LogP contribution in [0.5, 0.6) is 0 Å². The molecule has 2 heterocycles. The first-order chi connectivity index (χ1) is 18.2. The van der Waals surface area contributed by atoms with E-state index in [0.717, 1.165) is 22.5 Å². The number of esters is 1. The number of hydrogen-bond acceptors (Lipinski definition) is 7. The third-order valence-corrected chi connectivity index (χ3v) is 7.85. The lowest BCUT2D eigenvalue weighted by Gasteiger charge is -2.19. The number of amides is 1. The Hall–Kier alpha value is -3.43. The number of rotatable bonds is 9. The van der Waals surface area contributed by atoms with Crippen LogP contribution in [0.2, 0.25) is 0 Å². The second-order valence-corrected chi connectivity index (χ2v) is 11.5. The molecular weight excluding hydrogens is 516 g/mol. The van der Waals surface area contributed by atoms with Gasteiger partial charge in [0, 0.05) is 23.1 Å². The van der Waals surface area contributed by atoms with Crippen LogP contribution in [-0.2, 0) is 21.5 Å². The summed E-state index contributed by atoms with van der Waals surface area (Å²) in [7, 11) is 0. The Bertz CT molecular complexity index is 1400. The molecule has 0 atom stereocenters. The lowest BCUT2D eigenvalue weighted by molar-refractivity contribution is -0.113. The van der Waals surface area contributed by atoms with E-state index in [1.165, 1.54) is 28.7 Å². The minimum atomic E-state index is -0.455. The summed E-state index contributed by atoms with van der Waals surface area (Å²) in [4.78, 5) is 25.7. The zero-order valence-electron chi connectivity index (χ0n) is 22.3. The minimum absolute atomic E-state index is 0.0723. The molecule has 4 aromatic rings. The van der Waals surface area contributed by atoms with Crippen molar-refractivity contribution in [3.05, 3.63) is 71.1 Å². The summed E-state index contributed by atoms with van der Waals surface area (Å²) in [5.74, 6) is 0.209. The van der Waals surface area contributed by atoms with E-state index in [4.69, 9.17) is 4.74 Å². The number of carbonyl (C=O) groups is 2. The maximum atomic E-state index is 12.9. The Morgan fingerprint density at radius 2 is 1.71 bits per heavy atom. The fraction of sp³-hybridized carbons (Fsp3) is 0.310. The minimum Gasteiger partial charge on any atom is -0.462 e. The highest BCUT2D eigenvalue weighted by Gasteiger charge is 2.23. The Labute approximate surface area is 231 Å². The Morgan fingerprint density at radius 1 is 1.00 bits per heavy atom. The summed E-state index contributed by atoms with van der Waals surface area (Å²) in [5, 5.41) is 14.7. The molecule has 0 unspecified atom stereocenters. The van der Waals surface area contributed by atoms with Crippen molar-refractivity contribution in [3.63, 3.8) is 0 Å². The summed E-state index contributed by atoms with van der Waals surface area (Å²) < 4.78 is 7.30. The molecule has 9 heteroatoms. The van der Waals surface area contributed by atoms with E-state index in [1.54, 1.807) is 6.92 Å². The number of benzene rings is 2. The highest BCUT2D eigenvalue weighted by molar-refractivity contribution is 7.99. The molecule has 198 valence electrons. The van der Waals surface area contributed by atoms with Gasteiger partial charge in [0.15, 0.2) is 11.0 Å². The van der Waals surface area contributed by atoms with Crippen LogP contribution >= 0.6 is 23.1 Å². The predicted octanol–water partition coefficient (Wildman–Crippen LogP) is 6.90. The van der Waals surface area contributed by atoms with Crippen LogP contribution in [0.3, 0.4) is 0 Å². The average molecular weight is 549 g/mol. The monoisotopic (exact) mass is 548 g/mol. The van der Waals surface area contributed by atoms with Gasteiger partial charge in [-0.2, -0.15) is 0 Å². The summed E-state index contributed by atoms with van der Waals surface area (Å²) in [6.45, 7) is 11.3. The summed E-state index contributed by atoms with van der Waals surface area (Å²) in [6, 6.07) is 18.0. The Balaban J connectivity index is 1.49. The first-order valence-corrected chi connectivity index (χ1v) is 14.4. The fourth-order valence-corrected chi connectivity index (χ4v) is 5.77. The fourth-order valence-electron chi connectivity index (χ4n) is 3.99. The van der Waals surface area contributed by atoms with Gasteiger partial charge in [-0.1, -0.05) is 87.1 Å². The molecule has 38 heavy (non-hydrogen) atoms. The van der Waals surface area contributed by atoms with Crippen molar-refractivity contribution < 1.29 is 14.3 Å². The lowest BCUT2D eigenvalue weighted by Crippen LogP contribution is -2.16. The van der Waals surface area contributed by atoms with Gasteiger partial charge in [-0.3, -0.25) is 4.79 Å². The summed E-state index contributed by atoms with van der Waals surface area (Å²) in [5.41, 5.74) is 4.31. The number of carbonyl (C=O) groups excluding carboxylic acids is 2. The zero-order valence-corrected chi connectivity index (χ0v) is 23.9. The van der Waals surface area contributed by atoms with Gasteiger partial charge in [-0.25, -0.2) is 4.79 Å². The van der Waals surface area contributed by atoms with Crippen molar-refractivity contribution in [2.45, 2.75) is 51.7 Å². The highest BCUT2D eigenvalue weighted by Crippen LogP contribution is 2.36. The normalized spacial score (nSPS) is 11.4. The van der Waals surface area contributed by atoms with Gasteiger partial charge in [0.1, 0.15) is 10.6 Å². The van der Waals surface area contributed by atoms with E-state index in [9.17, 15) is 9.59 Å². The number of thiophene rings is 1. The molecule has 0 aliphatic rings. The smallest absolute Gasteiger partial charge is 0.341 e. The number of thioether (sulfide) groups is 1. The maximum Gasteiger partial charge on any atom is 0.341 e. The second-order valence-electron chi connectivity index (χ2n) is 9.65. The molecule has 1 N–H and O–H groups in total. The third-order valence-electron chi connectivity index (χ3n) is 5.98. The molecule has 0 aliphatic heterocycles. The molecular formula is C29H32N4O3S2. The molecule has 1 amide bonds. The molecule has 0 aliphatic carbocycles. The summed E-state index contributed by atoms with van der Waals surface area (Å²) in [6.07, 6.45) is 0. The van der Waals surface area contributed by atoms with Crippen molar-refractivity contribution in [2.24, 2.45) is 0 Å². The van der Waals surface area contributed by atoms with Crippen LogP contribution in [0.1, 0.15) is 50.5 Å². The maximum absolute atomic E-state index is 12.9. The SMILES string of the molecule is CCOC(=O)c1c(-c2ccccc2)csc1NC(=O)CSc1nnc(-c2ccc(C(C)(C)C)cc2)n1CC. The van der Waals surface area contributed by atoms with Crippen molar-refractivity contribution in [2.75, 3.05) is 17.7 Å². The topological polar surface area (TPSA) is 86.1 Å². The van der Waals surface area contributed by atoms with Crippen molar-refractivity contribution in [1.29, 1.82) is 0 Å². The Morgan fingerprint density at radius 3 is 2.34 bits per heavy atom. The standard InChI is InChI=1S/C29H32N4O3S2/c1-6-33-25(20-13-15-21(16-14-20)29(3,4)5)31-32-28(33)38-18-23(34)30-26-24(27(35)36-7-2)22(17-37-26)19-11-9-8-10-12-19/h8-17H,6-7,18H2,1-5H3,(H,30,34). The van der Waals surface area contributed by atoms with E-state index >= 15 is 0 Å². The van der Waals surface area contributed by atoms with Gasteiger partial charge < -0.3 is 14.6 Å². The molecule has 2 aromatic heterocycles. The van der Waals surface area contributed by atoms with E-state index in [-0.39, 0.29) is 23.7 Å². The number of ether oxygens (including phenoxy) is 1. The van der Waals surface area contributed by atoms with E-state index in [2.05, 4.69) is 60.6 Å². The average Bonchev–Trinajstić information content (AvgIpc) is 3.51. The number of nitrogens with zero attached hydrogens (tertiary/aromatic N) is 3. The van der Waals surface area contributed by atoms with Gasteiger partial charge in [0.25, 0.3) is 0 Å². The van der Waals surface area contributed by atoms with E-state index in [0.29, 0.717) is 22.3 Å². The van der Waals surface area contributed by atoms with Crippen LogP contribution in [0.4, 0.5) is 5.00 Å². The third kappa shape index (κ3) is 6.16. The molecule has 0 spiro atoms. The number of aromatic nitrogens is 3. The molecule has 0 radical (unpaired) electrons. The van der Waals surface area contributed by atoms with E-state index in [1.807, 2.05) is 47.2 Å². The van der Waals surface area contributed by atoms with Crippen LogP contribution < -0.4 is 5.32 Å². The molecule has 2 aromatic carbocycles. The number of nitrogens with one attached hydrogen (secondary N) is 1. The van der Waals surface area contributed by atoms with Crippen molar-refractivity contribution in [3.8, 4) is 22.5 Å². The van der Waals surface area contributed by atoms with Crippen LogP contribution in [0.15, 0.2) is 65.1 Å². The molecule has 0 saturated heterocycles. The lowest BCUT2D eigenvalue weighted by atomic mass is 9.87. The van der Waals surface area contributed by atoms with Crippen LogP contribution in [0, 0.1) is 0 Å². The van der Waals surface area contributed by atoms with Gasteiger partial charge in [0.05, 0.1) is 12.4 Å². The van der Waals surface area contributed by atoms with Crippen LogP contribution in [0.25, 0.3) is 22.5 Å². The quantitative estimate of drug-likeness (QED) is 0.181. The number of hydrogen-bond donors (Lipinski definition) is 1. The van der Waals surface area contributed by atoms with E-state index < -0.39 is 5.97 Å². The summed E-state index contributed by atoms with van der Waals surface area (Å²) >= 11 is 2.63. The Kier molecular flexibility index (Phi) is 8.69. The molecule has 0 bridgehead atoms. The van der Waals surface area contributed by atoms with Gasteiger partial charge in [0.2, 0.25) is 5.91 Å². The molecule has 7 nitrogen and oxygen atoms in total. The van der Waals surface area contributed by atoms with Gasteiger partial charge in [-0.15, -0.1) is 21.5 Å². The first kappa shape index (κ1) is 27.6. The number of anilines is 1. The predicted molar refractivity (Wildman–Crippen MR) is 155 cm³/mol. The zero-order chi connectivity index (χ0) is 27.3. The first-order valence-electron chi connectivity index (χ1n) is 12.5. The highest BCUT2D eigenvalue weighted by atomic mass is 32.2. The van der Waals surface area contributed by atoms with Gasteiger partial charge in [-0.05, 0) is 30.4 Å². The van der Waals surface area contributed by atoms with Gasteiger partial charge >= 0.3 is 5.97 Å². The van der Waals surface area contributed by atoms with Crippen molar-refractivity contribution in [1.82, 2.24) is 14.8 Å².